The van der Waals surface area contributed by atoms with Crippen molar-refractivity contribution in [3.8, 4) is 0 Å². The topological polar surface area (TPSA) is 54.7 Å². The Bertz CT molecular complexity index is 298. The van der Waals surface area contributed by atoms with Gasteiger partial charge >= 0.3 is 0 Å². The van der Waals surface area contributed by atoms with Crippen LogP contribution in [0.2, 0.25) is 0 Å². The van der Waals surface area contributed by atoms with E-state index in [1.54, 1.807) is 0 Å². The number of aromatic nitrogens is 2. The van der Waals surface area contributed by atoms with Gasteiger partial charge in [0.05, 0.1) is 5.69 Å². The minimum atomic E-state index is 0.379. The number of rotatable bonds is 5. The molecule has 0 aliphatic heterocycles. The molecule has 86 valence electrons. The highest BCUT2D eigenvalue weighted by atomic mass is 14.9. The number of nitrogens with zero attached hydrogens (tertiary/aromatic N) is 1. The normalized spacial score (nSPS) is 13.5. The SMILES string of the molecule is CCC(CN)c1nc(CC(C)C)c(C)[nH]1. The summed E-state index contributed by atoms with van der Waals surface area (Å²) in [6, 6.07) is 0. The number of aryl methyl sites for hydroxylation is 1. The molecule has 0 saturated carbocycles. The third-order valence-corrected chi connectivity index (χ3v) is 2.77. The molecule has 1 rings (SSSR count). The lowest BCUT2D eigenvalue weighted by molar-refractivity contribution is 0.619. The first-order chi connectivity index (χ1) is 7.08. The zero-order valence-electron chi connectivity index (χ0n) is 10.3. The van der Waals surface area contributed by atoms with Crippen molar-refractivity contribution in [2.75, 3.05) is 6.54 Å². The van der Waals surface area contributed by atoms with Crippen LogP contribution in [0.25, 0.3) is 0 Å². The molecule has 15 heavy (non-hydrogen) atoms. The number of nitrogens with one attached hydrogen (secondary N) is 1. The van der Waals surface area contributed by atoms with Gasteiger partial charge in [-0.1, -0.05) is 20.8 Å². The number of aromatic amines is 1. The Morgan fingerprint density at radius 3 is 2.53 bits per heavy atom. The molecule has 0 saturated heterocycles. The van der Waals surface area contributed by atoms with Gasteiger partial charge in [-0.2, -0.15) is 0 Å². The largest absolute Gasteiger partial charge is 0.346 e. The third kappa shape index (κ3) is 3.06. The van der Waals surface area contributed by atoms with Crippen molar-refractivity contribution in [3.05, 3.63) is 17.2 Å². The van der Waals surface area contributed by atoms with E-state index < -0.39 is 0 Å². The van der Waals surface area contributed by atoms with Crippen LogP contribution in [-0.4, -0.2) is 16.5 Å². The first kappa shape index (κ1) is 12.2. The number of H-pyrrole nitrogens is 1. The van der Waals surface area contributed by atoms with E-state index in [4.69, 9.17) is 5.73 Å². The van der Waals surface area contributed by atoms with Crippen molar-refractivity contribution >= 4 is 0 Å². The van der Waals surface area contributed by atoms with E-state index in [9.17, 15) is 0 Å². The fraction of sp³-hybridized carbons (Fsp3) is 0.750. The average molecular weight is 209 g/mol. The maximum absolute atomic E-state index is 5.72. The maximum atomic E-state index is 5.72. The van der Waals surface area contributed by atoms with Gasteiger partial charge in [0.1, 0.15) is 5.82 Å². The van der Waals surface area contributed by atoms with Gasteiger partial charge in [0.25, 0.3) is 0 Å². The van der Waals surface area contributed by atoms with E-state index >= 15 is 0 Å². The molecule has 3 N–H and O–H groups in total. The zero-order chi connectivity index (χ0) is 11.4. The van der Waals surface area contributed by atoms with Crippen LogP contribution in [0.1, 0.15) is 50.3 Å². The number of nitrogens with two attached hydrogens (primary N) is 1. The molecule has 0 aromatic carbocycles. The Morgan fingerprint density at radius 2 is 2.07 bits per heavy atom. The molecule has 1 unspecified atom stereocenters. The summed E-state index contributed by atoms with van der Waals surface area (Å²) in [6.07, 6.45) is 2.09. The Morgan fingerprint density at radius 1 is 1.40 bits per heavy atom. The molecule has 1 atom stereocenters. The highest BCUT2D eigenvalue weighted by Gasteiger charge is 2.14. The first-order valence-electron chi connectivity index (χ1n) is 5.83. The minimum Gasteiger partial charge on any atom is -0.346 e. The second-order valence-corrected chi connectivity index (χ2v) is 4.63. The lowest BCUT2D eigenvalue weighted by atomic mass is 10.1. The molecule has 3 heteroatoms. The molecule has 0 aliphatic carbocycles. The Labute approximate surface area is 92.5 Å². The standard InChI is InChI=1S/C12H23N3/c1-5-10(7-13)12-14-9(4)11(15-12)6-8(2)3/h8,10H,5-7,13H2,1-4H3,(H,14,15). The fourth-order valence-corrected chi connectivity index (χ4v) is 1.77. The van der Waals surface area contributed by atoms with Crippen molar-refractivity contribution in [2.45, 2.75) is 46.5 Å². The summed E-state index contributed by atoms with van der Waals surface area (Å²) in [5.41, 5.74) is 8.12. The summed E-state index contributed by atoms with van der Waals surface area (Å²) in [5.74, 6) is 2.09. The smallest absolute Gasteiger partial charge is 0.110 e. The van der Waals surface area contributed by atoms with Crippen LogP contribution >= 0.6 is 0 Å². The third-order valence-electron chi connectivity index (χ3n) is 2.77. The van der Waals surface area contributed by atoms with Gasteiger partial charge < -0.3 is 10.7 Å². The van der Waals surface area contributed by atoms with Crippen molar-refractivity contribution in [1.29, 1.82) is 0 Å². The average Bonchev–Trinajstić information content (AvgIpc) is 2.49. The van der Waals surface area contributed by atoms with Crippen LogP contribution in [0.15, 0.2) is 0 Å². The minimum absolute atomic E-state index is 0.379. The summed E-state index contributed by atoms with van der Waals surface area (Å²) in [7, 11) is 0. The second-order valence-electron chi connectivity index (χ2n) is 4.63. The molecule has 3 nitrogen and oxygen atoms in total. The number of hydrogen-bond acceptors (Lipinski definition) is 2. The molecular formula is C12H23N3. The summed E-state index contributed by atoms with van der Waals surface area (Å²) in [4.78, 5) is 8.02. The molecule has 0 spiro atoms. The van der Waals surface area contributed by atoms with Crippen molar-refractivity contribution in [1.82, 2.24) is 9.97 Å². The van der Waals surface area contributed by atoms with Crippen LogP contribution in [0.3, 0.4) is 0 Å². The van der Waals surface area contributed by atoms with Gasteiger partial charge in [-0.15, -0.1) is 0 Å². The molecule has 1 aromatic rings. The summed E-state index contributed by atoms with van der Waals surface area (Å²) < 4.78 is 0. The predicted molar refractivity (Wildman–Crippen MR) is 64.0 cm³/mol. The van der Waals surface area contributed by atoms with Crippen LogP contribution in [0, 0.1) is 12.8 Å². The predicted octanol–water partition coefficient (Wildman–Crippen LogP) is 2.37. The quantitative estimate of drug-likeness (QED) is 0.782. The Kier molecular flexibility index (Phi) is 4.33. The Balaban J connectivity index is 2.84. The van der Waals surface area contributed by atoms with Crippen LogP contribution in [-0.2, 0) is 6.42 Å². The van der Waals surface area contributed by atoms with E-state index in [0.29, 0.717) is 18.4 Å². The molecular weight excluding hydrogens is 186 g/mol. The van der Waals surface area contributed by atoms with E-state index in [0.717, 1.165) is 18.7 Å². The van der Waals surface area contributed by atoms with E-state index in [1.165, 1.54) is 11.4 Å². The van der Waals surface area contributed by atoms with Crippen molar-refractivity contribution < 1.29 is 0 Å². The summed E-state index contributed by atoms with van der Waals surface area (Å²) >= 11 is 0. The second kappa shape index (κ2) is 5.31. The van der Waals surface area contributed by atoms with Gasteiger partial charge in [0.2, 0.25) is 0 Å². The highest BCUT2D eigenvalue weighted by molar-refractivity contribution is 5.16. The van der Waals surface area contributed by atoms with E-state index in [2.05, 4.69) is 37.7 Å². The van der Waals surface area contributed by atoms with E-state index in [1.807, 2.05) is 0 Å². The maximum Gasteiger partial charge on any atom is 0.110 e. The fourth-order valence-electron chi connectivity index (χ4n) is 1.77. The summed E-state index contributed by atoms with van der Waals surface area (Å²) in [6.45, 7) is 9.35. The monoisotopic (exact) mass is 209 g/mol. The molecule has 0 aliphatic rings. The zero-order valence-corrected chi connectivity index (χ0v) is 10.3. The van der Waals surface area contributed by atoms with Crippen LogP contribution in [0.4, 0.5) is 0 Å². The molecule has 1 aromatic heterocycles. The lowest BCUT2D eigenvalue weighted by Gasteiger charge is -2.07. The summed E-state index contributed by atoms with van der Waals surface area (Å²) in [5, 5.41) is 0. The number of hydrogen-bond donors (Lipinski definition) is 2. The molecule has 0 fully saturated rings. The van der Waals surface area contributed by atoms with Crippen molar-refractivity contribution in [3.63, 3.8) is 0 Å². The molecule has 0 radical (unpaired) electrons. The van der Waals surface area contributed by atoms with Gasteiger partial charge in [-0.3, -0.25) is 0 Å². The van der Waals surface area contributed by atoms with Gasteiger partial charge in [-0.05, 0) is 25.7 Å². The molecule has 0 bridgehead atoms. The van der Waals surface area contributed by atoms with Crippen LogP contribution in [0.5, 0.6) is 0 Å². The first-order valence-corrected chi connectivity index (χ1v) is 5.83. The van der Waals surface area contributed by atoms with Gasteiger partial charge in [-0.25, -0.2) is 4.98 Å². The van der Waals surface area contributed by atoms with Gasteiger partial charge in [0.15, 0.2) is 0 Å². The highest BCUT2D eigenvalue weighted by Crippen LogP contribution is 2.18. The number of imidazole rings is 1. The van der Waals surface area contributed by atoms with Crippen molar-refractivity contribution in [2.24, 2.45) is 11.7 Å². The lowest BCUT2D eigenvalue weighted by Crippen LogP contribution is -2.13. The van der Waals surface area contributed by atoms with E-state index in [-0.39, 0.29) is 0 Å². The Hall–Kier alpha value is -0.830. The molecule has 1 heterocycles. The van der Waals surface area contributed by atoms with Gasteiger partial charge in [0, 0.05) is 18.2 Å². The molecule has 0 amide bonds. The van der Waals surface area contributed by atoms with Crippen LogP contribution < -0.4 is 5.73 Å².